The Morgan fingerprint density at radius 3 is 1.49 bits per heavy atom. The van der Waals surface area contributed by atoms with Crippen LogP contribution in [0, 0.1) is 0 Å². The molecule has 11 heterocycles. The van der Waals surface area contributed by atoms with Gasteiger partial charge in [0.25, 0.3) is 0 Å². The van der Waals surface area contributed by atoms with Crippen LogP contribution in [0.25, 0.3) is 44.7 Å². The molecule has 85 heavy (non-hydrogen) atoms. The number of nitrogen functional groups attached to an aromatic ring is 3. The van der Waals surface area contributed by atoms with Crippen molar-refractivity contribution >= 4 is 91.4 Å². The molecule has 3 aliphatic heterocycles. The fraction of sp³-hybridized carbons (Fsp3) is 0.422. The van der Waals surface area contributed by atoms with Crippen LogP contribution in [0.15, 0.2) is 81.0 Å². The number of phosphoric ester groups is 3. The molecule has 12 atom stereocenters. The van der Waals surface area contributed by atoms with E-state index in [1.807, 2.05) is 30.3 Å². The number of aliphatic hydroxyl groups is 1. The summed E-state index contributed by atoms with van der Waals surface area (Å²) in [6.07, 6.45) is -0.855. The molecule has 3 saturated heterocycles. The molecule has 9 aromatic rings. The highest BCUT2D eigenvalue weighted by Gasteiger charge is 2.48. The molecular weight excluding hydrogens is 1190 g/mol. The fourth-order valence-electron chi connectivity index (χ4n) is 9.89. The second kappa shape index (κ2) is 24.3. The maximum absolute atomic E-state index is 14.0. The normalized spacial score (nSPS) is 24.8. The van der Waals surface area contributed by atoms with Crippen molar-refractivity contribution in [2.24, 2.45) is 0 Å². The van der Waals surface area contributed by atoms with Crippen molar-refractivity contribution in [3.05, 3.63) is 86.5 Å². The molecule has 450 valence electrons. The molecule has 40 heteroatoms. The molecule has 12 rings (SSSR count). The summed E-state index contributed by atoms with van der Waals surface area (Å²) in [7, 11) is -15.1. The quantitative estimate of drug-likeness (QED) is 0.0300. The minimum Gasteiger partial charge on any atom is -0.394 e. The van der Waals surface area contributed by atoms with Gasteiger partial charge in [-0.15, -0.1) is 0 Å². The Morgan fingerprint density at radius 2 is 0.965 bits per heavy atom. The first kappa shape index (κ1) is 58.1. The van der Waals surface area contributed by atoms with Crippen LogP contribution >= 0.6 is 23.5 Å². The number of benzene rings is 1. The number of hydrogen-bond acceptors (Lipinski definition) is 30. The van der Waals surface area contributed by atoms with Crippen LogP contribution < -0.4 is 22.5 Å². The lowest BCUT2D eigenvalue weighted by Crippen LogP contribution is -2.23. The first-order valence-electron chi connectivity index (χ1n) is 25.8. The van der Waals surface area contributed by atoms with Gasteiger partial charge in [0.15, 0.2) is 70.1 Å². The lowest BCUT2D eigenvalue weighted by atomic mass is 10.2. The molecule has 8 aromatic heterocycles. The number of fused-ring (bicyclic) bond motifs is 4. The van der Waals surface area contributed by atoms with E-state index in [0.717, 1.165) is 5.56 Å². The molecule has 11 N–H and O–H groups in total. The smallest absolute Gasteiger partial charge is 0.394 e. The van der Waals surface area contributed by atoms with E-state index in [-0.39, 0.29) is 72.4 Å². The van der Waals surface area contributed by atoms with Crippen LogP contribution in [-0.4, -0.2) is 168 Å². The van der Waals surface area contributed by atoms with E-state index in [1.54, 1.807) is 4.57 Å². The van der Waals surface area contributed by atoms with Crippen molar-refractivity contribution in [1.82, 2.24) is 78.1 Å². The molecule has 0 radical (unpaired) electrons. The van der Waals surface area contributed by atoms with E-state index in [0.29, 0.717) is 34.7 Å². The largest absolute Gasteiger partial charge is 0.472 e. The lowest BCUT2D eigenvalue weighted by molar-refractivity contribution is -0.0626. The highest BCUT2D eigenvalue weighted by molar-refractivity contribution is 7.48. The molecule has 1 aromatic carbocycles. The zero-order chi connectivity index (χ0) is 59.0. The third kappa shape index (κ3) is 12.7. The van der Waals surface area contributed by atoms with Crippen LogP contribution in [0.2, 0.25) is 0 Å². The Kier molecular flexibility index (Phi) is 16.6. The topological polar surface area (TPSA) is 489 Å². The highest BCUT2D eigenvalue weighted by Crippen LogP contribution is 2.54. The van der Waals surface area contributed by atoms with E-state index in [9.17, 15) is 33.5 Å². The van der Waals surface area contributed by atoms with E-state index >= 15 is 0 Å². The van der Waals surface area contributed by atoms with Gasteiger partial charge in [0, 0.05) is 25.8 Å². The van der Waals surface area contributed by atoms with Gasteiger partial charge >= 0.3 is 23.5 Å². The molecule has 37 nitrogen and oxygen atoms in total. The Morgan fingerprint density at radius 1 is 0.529 bits per heavy atom. The first-order chi connectivity index (χ1) is 41.0. The third-order valence-corrected chi connectivity index (χ3v) is 16.8. The number of anilines is 4. The van der Waals surface area contributed by atoms with Crippen molar-refractivity contribution < 1.29 is 79.6 Å². The number of nitrogens with one attached hydrogen (secondary N) is 1. The van der Waals surface area contributed by atoms with Gasteiger partial charge in [-0.1, -0.05) is 30.3 Å². The molecule has 0 aliphatic carbocycles. The van der Waals surface area contributed by atoms with Gasteiger partial charge in [-0.3, -0.25) is 45.4 Å². The number of hydrogen-bond donors (Lipinski definition) is 8. The van der Waals surface area contributed by atoms with E-state index in [1.165, 1.54) is 64.3 Å². The van der Waals surface area contributed by atoms with Gasteiger partial charge in [0.2, 0.25) is 0 Å². The Hall–Kier alpha value is -7.25. The predicted molar refractivity (Wildman–Crippen MR) is 289 cm³/mol. The number of ether oxygens (including phenoxy) is 4. The minimum atomic E-state index is -5.16. The molecule has 3 fully saturated rings. The molecule has 0 bridgehead atoms. The monoisotopic (exact) mass is 1240 g/mol. The van der Waals surface area contributed by atoms with Gasteiger partial charge in [0.1, 0.15) is 66.9 Å². The second-order valence-electron chi connectivity index (χ2n) is 19.3. The number of rotatable bonds is 25. The van der Waals surface area contributed by atoms with Gasteiger partial charge in [-0.05, 0) is 5.56 Å². The molecule has 0 saturated carbocycles. The molecule has 0 spiro atoms. The first-order valence-corrected chi connectivity index (χ1v) is 30.3. The van der Waals surface area contributed by atoms with Crippen molar-refractivity contribution in [2.45, 2.75) is 87.8 Å². The summed E-state index contributed by atoms with van der Waals surface area (Å²) in [5, 5.41) is 13.4. The molecule has 3 aliphatic rings. The summed E-state index contributed by atoms with van der Waals surface area (Å²) in [5.74, 6) is 0.633. The average Bonchev–Trinajstić information content (AvgIpc) is 2.56. The van der Waals surface area contributed by atoms with E-state index in [2.05, 4.69) is 65.1 Å². The Labute approximate surface area is 477 Å². The number of aliphatic hydroxyl groups excluding tert-OH is 1. The van der Waals surface area contributed by atoms with E-state index < -0.39 is 105 Å². The number of aromatic nitrogens is 16. The molecular formula is C45H53N20O17P3. The van der Waals surface area contributed by atoms with Gasteiger partial charge in [0.05, 0.1) is 76.7 Å². The summed E-state index contributed by atoms with van der Waals surface area (Å²) in [4.78, 5) is 84.0. The summed E-state index contributed by atoms with van der Waals surface area (Å²) < 4.78 is 105. The lowest BCUT2D eigenvalue weighted by Gasteiger charge is -2.23. The molecule has 3 unspecified atom stereocenters. The zero-order valence-corrected chi connectivity index (χ0v) is 46.8. The number of imidazole rings is 4. The van der Waals surface area contributed by atoms with Crippen molar-refractivity contribution in [3.63, 3.8) is 0 Å². The zero-order valence-electron chi connectivity index (χ0n) is 44.1. The third-order valence-electron chi connectivity index (χ3n) is 13.7. The SMILES string of the molecule is Nc1ncnc2c1ncn2COCCOP(=O)(O)O[C@@H]1C[C@@H](COP(=O)(O)O[C@@H]2C[C@@H](COP(=O)(O)O[C@@H]3C[C@@H](CO)O[C@H]3n3cnc4c(NCc5ccccc5)ncnc43)O[C@H]2n2cnc3c(N)ncnc32)O[C@H]1n1cnc2c(N)ncnc21. The highest BCUT2D eigenvalue weighted by atomic mass is 31.2. The number of nitrogens with two attached hydrogens (primary N) is 3. The van der Waals surface area contributed by atoms with Crippen LogP contribution in [0.3, 0.4) is 0 Å². The minimum absolute atomic E-state index is 0.0100. The molecule has 0 amide bonds. The van der Waals surface area contributed by atoms with Crippen LogP contribution in [0.1, 0.15) is 43.5 Å². The van der Waals surface area contributed by atoms with Crippen molar-refractivity contribution in [1.29, 1.82) is 0 Å². The van der Waals surface area contributed by atoms with E-state index in [4.69, 9.17) is 63.3 Å². The Balaban J connectivity index is 0.704. The number of nitrogens with zero attached hydrogens (tertiary/aromatic N) is 16. The second-order valence-corrected chi connectivity index (χ2v) is 23.6. The van der Waals surface area contributed by atoms with Gasteiger partial charge < -0.3 is 61.3 Å². The Bertz CT molecular complexity index is 4000. The van der Waals surface area contributed by atoms with Crippen LogP contribution in [-0.2, 0) is 73.1 Å². The standard InChI is InChI=1S/C45H53N20O17P3/c46-35-31-39(54-15-50-35)62(19-58-31)23-73-6-7-74-83(67,68)80-29-9-26(78-44(29)63-20-59-32-36(47)51-16-55-40(32)63)13-76-85(71,72)82-30-10-27(79-45(30)64-21-60-33-37(48)52-17-56-41(33)64)14-75-84(69,70)81-28-8-25(12-66)77-43(28)65-22-61-34-38(53-18-57-42(34)65)49-11-24-4-2-1-3-5-24/h1-5,15-22,25-30,43-45,66H,6-14,23H2,(H,67,68)(H,69,70)(H,71,72)(H2,46,50,54)(H2,47,51,55)(H2,48,52,56)(H,49,53,57)/t25-,26-,27-,28+,29+,30+,43+,44+,45+/m0/s1. The predicted octanol–water partition coefficient (Wildman–Crippen LogP) is 2.04. The number of phosphoric acid groups is 3. The fourth-order valence-corrected chi connectivity index (χ4v) is 12.7. The van der Waals surface area contributed by atoms with Gasteiger partial charge in [-0.2, -0.15) is 0 Å². The average molecular weight is 1240 g/mol. The summed E-state index contributed by atoms with van der Waals surface area (Å²) in [6.45, 7) is -1.97. The summed E-state index contributed by atoms with van der Waals surface area (Å²) >= 11 is 0. The van der Waals surface area contributed by atoms with Crippen molar-refractivity contribution in [2.75, 3.05) is 55.6 Å². The van der Waals surface area contributed by atoms with Gasteiger partial charge in [-0.25, -0.2) is 73.5 Å². The van der Waals surface area contributed by atoms with Crippen LogP contribution in [0.4, 0.5) is 23.3 Å². The van der Waals surface area contributed by atoms with Crippen molar-refractivity contribution in [3.8, 4) is 0 Å². The summed E-state index contributed by atoms with van der Waals surface area (Å²) in [5.41, 5.74) is 21.1. The van der Waals surface area contributed by atoms with Crippen LogP contribution in [0.5, 0.6) is 0 Å². The maximum atomic E-state index is 14.0. The maximum Gasteiger partial charge on any atom is 0.472 e. The summed E-state index contributed by atoms with van der Waals surface area (Å²) in [6, 6.07) is 9.61.